The van der Waals surface area contributed by atoms with Crippen molar-refractivity contribution in [2.75, 3.05) is 18.7 Å². The van der Waals surface area contributed by atoms with E-state index in [2.05, 4.69) is 66.1 Å². The molecule has 0 saturated heterocycles. The van der Waals surface area contributed by atoms with Gasteiger partial charge in [0.1, 0.15) is 0 Å². The van der Waals surface area contributed by atoms with Crippen LogP contribution in [0.5, 0.6) is 0 Å². The summed E-state index contributed by atoms with van der Waals surface area (Å²) in [6.07, 6.45) is 8.57. The van der Waals surface area contributed by atoms with E-state index in [1.165, 1.54) is 65.2 Å². The van der Waals surface area contributed by atoms with E-state index in [-0.39, 0.29) is 0 Å². The predicted molar refractivity (Wildman–Crippen MR) is 117 cm³/mol. The maximum absolute atomic E-state index is 2.50. The summed E-state index contributed by atoms with van der Waals surface area (Å²) in [5, 5.41) is 0. The quantitative estimate of drug-likeness (QED) is 0.224. The van der Waals surface area contributed by atoms with Crippen LogP contribution in [0.15, 0.2) is 24.3 Å². The molecule has 0 spiro atoms. The van der Waals surface area contributed by atoms with Crippen LogP contribution in [0.1, 0.15) is 70.4 Å². The van der Waals surface area contributed by atoms with Gasteiger partial charge in [0.15, 0.2) is 0 Å². The van der Waals surface area contributed by atoms with Gasteiger partial charge in [-0.05, 0) is 0 Å². The normalized spacial score (nSPS) is 12.6. The topological polar surface area (TPSA) is 0 Å². The Morgan fingerprint density at radius 1 is 0.760 bits per heavy atom. The monoisotopic (exact) mass is 454 g/mol. The van der Waals surface area contributed by atoms with Crippen LogP contribution in [-0.4, -0.2) is 41.5 Å². The first kappa shape index (κ1) is 23.0. The minimum absolute atomic E-state index is 1.20. The summed E-state index contributed by atoms with van der Waals surface area (Å²) in [6.45, 7) is 10.5. The molecule has 0 aliphatic rings. The van der Waals surface area contributed by atoms with Crippen LogP contribution < -0.4 is 0 Å². The molecular formula is C23H44NSn+. The minimum atomic E-state index is -2.07. The Balaban J connectivity index is 2.90. The Hall–Kier alpha value is -0.0213. The Morgan fingerprint density at radius 3 is 1.60 bits per heavy atom. The zero-order valence-corrected chi connectivity index (χ0v) is 20.9. The first-order valence-corrected chi connectivity index (χ1v) is 18.8. The number of hydrogen-bond donors (Lipinski definition) is 0. The van der Waals surface area contributed by atoms with Crippen molar-refractivity contribution in [2.45, 2.75) is 86.1 Å². The second-order valence-corrected chi connectivity index (χ2v) is 22.8. The van der Waals surface area contributed by atoms with Gasteiger partial charge in [0.25, 0.3) is 0 Å². The molecule has 0 aliphatic heterocycles. The summed E-state index contributed by atoms with van der Waals surface area (Å²) in [5.41, 5.74) is 2.88. The van der Waals surface area contributed by atoms with Crippen LogP contribution in [0.2, 0.25) is 13.3 Å². The molecule has 2 heteroatoms. The molecule has 0 aliphatic carbocycles. The molecule has 25 heavy (non-hydrogen) atoms. The number of unbranched alkanes of at least 4 members (excludes halogenated alkanes) is 3. The molecule has 1 aromatic rings. The average Bonchev–Trinajstić information content (AvgIpc) is 2.57. The van der Waals surface area contributed by atoms with Crippen LogP contribution in [-0.2, 0) is 6.54 Å². The number of aryl methyl sites for hydroxylation is 1. The molecule has 0 radical (unpaired) electrons. The first-order chi connectivity index (χ1) is 11.9. The SMILES string of the molecule is CCC[CH2][Sn]([CH2]CCC)([CH2]CCC)[CH2][N+](C)(C)Cc1ccc(C)cc1. The Kier molecular flexibility index (Phi) is 10.7. The zero-order chi connectivity index (χ0) is 18.8. The molecule has 0 N–H and O–H groups in total. The van der Waals surface area contributed by atoms with Crippen LogP contribution in [0, 0.1) is 6.92 Å². The van der Waals surface area contributed by atoms with E-state index < -0.39 is 18.4 Å². The van der Waals surface area contributed by atoms with Crippen molar-refractivity contribution in [3.05, 3.63) is 35.4 Å². The van der Waals surface area contributed by atoms with Crippen LogP contribution in [0.25, 0.3) is 0 Å². The summed E-state index contributed by atoms with van der Waals surface area (Å²) in [5.74, 6) is 0. The Bertz CT molecular complexity index is 442. The molecule has 1 aromatic carbocycles. The number of quaternary nitrogens is 1. The van der Waals surface area contributed by atoms with Crippen molar-refractivity contribution >= 4 is 18.4 Å². The van der Waals surface area contributed by atoms with Crippen molar-refractivity contribution in [1.29, 1.82) is 0 Å². The molecule has 1 nitrogen and oxygen atoms in total. The standard InChI is InChI=1S/C11H17N.3C4H9.Sn/c1-10-5-7-11(8-6-10)9-12(2,3)4;3*1-3-4-2;/h5-8H,2,9H2,1,3-4H3;3*1,3-4H2,2H3;/q+1;;;;. The van der Waals surface area contributed by atoms with Crippen molar-refractivity contribution < 1.29 is 4.48 Å². The summed E-state index contributed by atoms with van der Waals surface area (Å²) >= 11 is -2.07. The van der Waals surface area contributed by atoms with Gasteiger partial charge in [0.2, 0.25) is 0 Å². The number of hydrogen-bond acceptors (Lipinski definition) is 0. The summed E-state index contributed by atoms with van der Waals surface area (Å²) < 4.78 is 7.61. The molecule has 0 saturated carbocycles. The first-order valence-electron chi connectivity index (χ1n) is 10.7. The molecule has 0 amide bonds. The summed E-state index contributed by atoms with van der Waals surface area (Å²) in [4.78, 5) is 0. The van der Waals surface area contributed by atoms with E-state index in [9.17, 15) is 0 Å². The molecule has 144 valence electrons. The number of benzene rings is 1. The average molecular weight is 453 g/mol. The van der Waals surface area contributed by atoms with Gasteiger partial charge in [-0.1, -0.05) is 0 Å². The van der Waals surface area contributed by atoms with Crippen molar-refractivity contribution in [2.24, 2.45) is 0 Å². The zero-order valence-electron chi connectivity index (χ0n) is 18.0. The van der Waals surface area contributed by atoms with Gasteiger partial charge in [-0.15, -0.1) is 0 Å². The molecular weight excluding hydrogens is 409 g/mol. The molecule has 0 heterocycles. The summed E-state index contributed by atoms with van der Waals surface area (Å²) in [6, 6.07) is 9.24. The fourth-order valence-electron chi connectivity index (χ4n) is 4.42. The van der Waals surface area contributed by atoms with Crippen molar-refractivity contribution in [3.8, 4) is 0 Å². The molecule has 0 aromatic heterocycles. The van der Waals surface area contributed by atoms with E-state index in [0.29, 0.717) is 0 Å². The van der Waals surface area contributed by atoms with Crippen LogP contribution in [0.4, 0.5) is 0 Å². The number of rotatable bonds is 13. The Morgan fingerprint density at radius 2 is 1.20 bits per heavy atom. The summed E-state index contributed by atoms with van der Waals surface area (Å²) in [7, 11) is 4.99. The van der Waals surface area contributed by atoms with E-state index in [1.807, 2.05) is 0 Å². The maximum atomic E-state index is 2.50. The van der Waals surface area contributed by atoms with E-state index in [1.54, 1.807) is 13.3 Å². The van der Waals surface area contributed by atoms with Gasteiger partial charge in [-0.3, -0.25) is 0 Å². The van der Waals surface area contributed by atoms with Gasteiger partial charge in [-0.25, -0.2) is 0 Å². The van der Waals surface area contributed by atoms with Crippen LogP contribution >= 0.6 is 0 Å². The third-order valence-electron chi connectivity index (χ3n) is 5.68. The fraction of sp³-hybridized carbons (Fsp3) is 0.739. The third-order valence-corrected chi connectivity index (χ3v) is 22.1. The van der Waals surface area contributed by atoms with Gasteiger partial charge in [-0.2, -0.15) is 0 Å². The van der Waals surface area contributed by atoms with Crippen molar-refractivity contribution in [3.63, 3.8) is 0 Å². The van der Waals surface area contributed by atoms with Gasteiger partial charge in [0, 0.05) is 0 Å². The molecule has 1 rings (SSSR count). The van der Waals surface area contributed by atoms with E-state index in [0.717, 1.165) is 0 Å². The molecule has 0 atom stereocenters. The second kappa shape index (κ2) is 11.6. The molecule has 0 fully saturated rings. The van der Waals surface area contributed by atoms with Crippen molar-refractivity contribution in [1.82, 2.24) is 0 Å². The van der Waals surface area contributed by atoms with Crippen LogP contribution in [0.3, 0.4) is 0 Å². The Labute approximate surface area is 162 Å². The number of nitrogens with zero attached hydrogens (tertiary/aromatic N) is 1. The second-order valence-electron chi connectivity index (χ2n) is 9.05. The van der Waals surface area contributed by atoms with Gasteiger partial charge in [0.05, 0.1) is 0 Å². The molecule has 0 unspecified atom stereocenters. The third kappa shape index (κ3) is 8.95. The van der Waals surface area contributed by atoms with E-state index in [4.69, 9.17) is 0 Å². The molecule has 0 bridgehead atoms. The van der Waals surface area contributed by atoms with E-state index >= 15 is 0 Å². The fourth-order valence-corrected chi connectivity index (χ4v) is 22.9. The predicted octanol–water partition coefficient (Wildman–Crippen LogP) is 6.96. The van der Waals surface area contributed by atoms with Gasteiger partial charge < -0.3 is 0 Å². The van der Waals surface area contributed by atoms with Gasteiger partial charge >= 0.3 is 163 Å².